The highest BCUT2D eigenvalue weighted by molar-refractivity contribution is 7.89. The fourth-order valence-corrected chi connectivity index (χ4v) is 3.96. The number of carboxylic acids is 1. The number of benzene rings is 1. The molecule has 1 fully saturated rings. The van der Waals surface area contributed by atoms with Crippen LogP contribution in [0.5, 0.6) is 0 Å². The van der Waals surface area contributed by atoms with Crippen LogP contribution in [0.15, 0.2) is 23.1 Å². The number of rotatable bonds is 4. The number of amides is 2. The van der Waals surface area contributed by atoms with Crippen molar-refractivity contribution in [1.82, 2.24) is 4.90 Å². The summed E-state index contributed by atoms with van der Waals surface area (Å²) >= 11 is 0. The SMILES string of the molecule is CCc1ccc(NC(=O)N2CC(C)CC(C(=O)O)C2)cc1S(N)(=O)=O. The summed E-state index contributed by atoms with van der Waals surface area (Å²) in [6.07, 6.45) is 1.02. The molecule has 9 heteroatoms. The lowest BCUT2D eigenvalue weighted by molar-refractivity contribution is -0.143. The first-order chi connectivity index (χ1) is 11.6. The Morgan fingerprint density at radius 2 is 2.04 bits per heavy atom. The van der Waals surface area contributed by atoms with E-state index in [1.54, 1.807) is 12.1 Å². The number of carboxylic acid groups (broad SMARTS) is 1. The third-order valence-corrected chi connectivity index (χ3v) is 5.30. The number of nitrogens with one attached hydrogen (secondary N) is 1. The molecule has 2 rings (SSSR count). The summed E-state index contributed by atoms with van der Waals surface area (Å²) in [4.78, 5) is 25.1. The van der Waals surface area contributed by atoms with Crippen LogP contribution >= 0.6 is 0 Å². The van der Waals surface area contributed by atoms with Crippen LogP contribution in [0.1, 0.15) is 25.8 Å². The highest BCUT2D eigenvalue weighted by Crippen LogP contribution is 2.24. The van der Waals surface area contributed by atoms with Crippen LogP contribution in [-0.2, 0) is 21.2 Å². The maximum atomic E-state index is 12.4. The summed E-state index contributed by atoms with van der Waals surface area (Å²) in [6, 6.07) is 4.08. The summed E-state index contributed by atoms with van der Waals surface area (Å²) in [7, 11) is -3.90. The van der Waals surface area contributed by atoms with Gasteiger partial charge in [-0.2, -0.15) is 0 Å². The highest BCUT2D eigenvalue weighted by atomic mass is 32.2. The van der Waals surface area contributed by atoms with E-state index in [9.17, 15) is 23.1 Å². The van der Waals surface area contributed by atoms with Crippen molar-refractivity contribution in [2.24, 2.45) is 17.0 Å². The Morgan fingerprint density at radius 1 is 1.36 bits per heavy atom. The Balaban J connectivity index is 2.19. The predicted octanol–water partition coefficient (Wildman–Crippen LogP) is 1.47. The van der Waals surface area contributed by atoms with E-state index in [1.807, 2.05) is 13.8 Å². The predicted molar refractivity (Wildman–Crippen MR) is 92.7 cm³/mol. The number of urea groups is 1. The molecule has 8 nitrogen and oxygen atoms in total. The average molecular weight is 369 g/mol. The first-order valence-corrected chi connectivity index (χ1v) is 9.61. The van der Waals surface area contributed by atoms with Gasteiger partial charge in [-0.1, -0.05) is 19.9 Å². The topological polar surface area (TPSA) is 130 Å². The largest absolute Gasteiger partial charge is 0.481 e. The molecular weight excluding hydrogens is 346 g/mol. The molecule has 25 heavy (non-hydrogen) atoms. The summed E-state index contributed by atoms with van der Waals surface area (Å²) in [6.45, 7) is 4.28. The van der Waals surface area contributed by atoms with E-state index in [1.165, 1.54) is 11.0 Å². The van der Waals surface area contributed by atoms with E-state index in [4.69, 9.17) is 5.14 Å². The van der Waals surface area contributed by atoms with Crippen molar-refractivity contribution < 1.29 is 23.1 Å². The van der Waals surface area contributed by atoms with Crippen LogP contribution in [-0.4, -0.2) is 43.5 Å². The Morgan fingerprint density at radius 3 is 2.60 bits per heavy atom. The Hall–Kier alpha value is -2.13. The van der Waals surface area contributed by atoms with Gasteiger partial charge in [0.1, 0.15) is 0 Å². The monoisotopic (exact) mass is 369 g/mol. The maximum Gasteiger partial charge on any atom is 0.321 e. The number of aryl methyl sites for hydroxylation is 1. The van der Waals surface area contributed by atoms with Gasteiger partial charge in [0.05, 0.1) is 10.8 Å². The number of likely N-dealkylation sites (tertiary alicyclic amines) is 1. The summed E-state index contributed by atoms with van der Waals surface area (Å²) in [5.74, 6) is -1.45. The van der Waals surface area contributed by atoms with Crippen molar-refractivity contribution in [3.63, 3.8) is 0 Å². The normalized spacial score (nSPS) is 21.0. The van der Waals surface area contributed by atoms with Crippen LogP contribution in [0.4, 0.5) is 10.5 Å². The molecule has 0 bridgehead atoms. The first-order valence-electron chi connectivity index (χ1n) is 8.06. The van der Waals surface area contributed by atoms with Crippen LogP contribution in [0.3, 0.4) is 0 Å². The van der Waals surface area contributed by atoms with Crippen molar-refractivity contribution in [2.45, 2.75) is 31.6 Å². The molecule has 1 aliphatic heterocycles. The molecule has 1 aromatic rings. The van der Waals surface area contributed by atoms with Gasteiger partial charge >= 0.3 is 12.0 Å². The number of hydrogen-bond donors (Lipinski definition) is 3. The molecule has 0 saturated carbocycles. The van der Waals surface area contributed by atoms with E-state index >= 15 is 0 Å². The zero-order valence-electron chi connectivity index (χ0n) is 14.2. The second kappa shape index (κ2) is 7.40. The van der Waals surface area contributed by atoms with Gasteiger partial charge in [0.2, 0.25) is 10.0 Å². The molecule has 0 radical (unpaired) electrons. The van der Waals surface area contributed by atoms with Gasteiger partial charge in [0.25, 0.3) is 0 Å². The number of piperidine rings is 1. The molecule has 2 atom stereocenters. The van der Waals surface area contributed by atoms with Crippen molar-refractivity contribution in [1.29, 1.82) is 0 Å². The number of aliphatic carboxylic acids is 1. The fourth-order valence-electron chi connectivity index (χ4n) is 3.09. The molecule has 1 saturated heterocycles. The quantitative estimate of drug-likeness (QED) is 0.740. The second-order valence-corrected chi connectivity index (χ2v) is 7.96. The lowest BCUT2D eigenvalue weighted by Crippen LogP contribution is -2.47. The molecular formula is C16H23N3O5S. The van der Waals surface area contributed by atoms with E-state index in [2.05, 4.69) is 5.32 Å². The standard InChI is InChI=1S/C16H23N3O5S/c1-3-11-4-5-13(7-14(11)25(17,23)24)18-16(22)19-8-10(2)6-12(9-19)15(20)21/h4-5,7,10,12H,3,6,8-9H2,1-2H3,(H,18,22)(H,20,21)(H2,17,23,24). The van der Waals surface area contributed by atoms with Gasteiger partial charge in [0, 0.05) is 18.8 Å². The number of carbonyl (C=O) groups excluding carboxylic acids is 1. The second-order valence-electron chi connectivity index (χ2n) is 6.43. The van der Waals surface area contributed by atoms with Crippen molar-refractivity contribution in [3.8, 4) is 0 Å². The van der Waals surface area contributed by atoms with Crippen molar-refractivity contribution in [3.05, 3.63) is 23.8 Å². The van der Waals surface area contributed by atoms with E-state index in [-0.39, 0.29) is 17.4 Å². The number of hydrogen-bond acceptors (Lipinski definition) is 4. The van der Waals surface area contributed by atoms with Gasteiger partial charge in [-0.25, -0.2) is 18.4 Å². The van der Waals surface area contributed by atoms with E-state index in [0.29, 0.717) is 30.6 Å². The van der Waals surface area contributed by atoms with Gasteiger partial charge in [-0.15, -0.1) is 0 Å². The van der Waals surface area contributed by atoms with Gasteiger partial charge in [0.15, 0.2) is 0 Å². The fraction of sp³-hybridized carbons (Fsp3) is 0.500. The van der Waals surface area contributed by atoms with Crippen LogP contribution in [0.2, 0.25) is 0 Å². The summed E-state index contributed by atoms with van der Waals surface area (Å²) in [5, 5.41) is 17.0. The number of carbonyl (C=O) groups is 2. The number of primary sulfonamides is 1. The van der Waals surface area contributed by atoms with E-state index < -0.39 is 27.9 Å². The van der Waals surface area contributed by atoms with Crippen LogP contribution < -0.4 is 10.5 Å². The lowest BCUT2D eigenvalue weighted by atomic mass is 9.91. The molecule has 2 unspecified atom stereocenters. The molecule has 4 N–H and O–H groups in total. The minimum Gasteiger partial charge on any atom is -0.481 e. The molecule has 138 valence electrons. The molecule has 2 amide bonds. The molecule has 1 aliphatic rings. The third-order valence-electron chi connectivity index (χ3n) is 4.30. The number of nitrogens with zero attached hydrogens (tertiary/aromatic N) is 1. The van der Waals surface area contributed by atoms with Crippen LogP contribution in [0.25, 0.3) is 0 Å². The van der Waals surface area contributed by atoms with Crippen molar-refractivity contribution >= 4 is 27.7 Å². The number of anilines is 1. The Labute approximate surface area is 147 Å². The Bertz CT molecular complexity index is 778. The molecule has 0 aliphatic carbocycles. The summed E-state index contributed by atoms with van der Waals surface area (Å²) in [5.41, 5.74) is 0.870. The summed E-state index contributed by atoms with van der Waals surface area (Å²) < 4.78 is 23.4. The molecule has 1 aromatic carbocycles. The minimum absolute atomic E-state index is 0.0248. The number of sulfonamides is 1. The van der Waals surface area contributed by atoms with Gasteiger partial charge in [-0.05, 0) is 36.5 Å². The molecule has 0 spiro atoms. The van der Waals surface area contributed by atoms with Crippen molar-refractivity contribution in [2.75, 3.05) is 18.4 Å². The van der Waals surface area contributed by atoms with Gasteiger partial charge < -0.3 is 15.3 Å². The average Bonchev–Trinajstić information content (AvgIpc) is 2.53. The molecule has 1 heterocycles. The highest BCUT2D eigenvalue weighted by Gasteiger charge is 2.32. The Kier molecular flexibility index (Phi) is 5.69. The molecule has 0 aromatic heterocycles. The zero-order chi connectivity index (χ0) is 18.8. The smallest absolute Gasteiger partial charge is 0.321 e. The van der Waals surface area contributed by atoms with Gasteiger partial charge in [-0.3, -0.25) is 4.79 Å². The van der Waals surface area contributed by atoms with Crippen LogP contribution in [0, 0.1) is 11.8 Å². The zero-order valence-corrected chi connectivity index (χ0v) is 15.0. The third kappa shape index (κ3) is 4.70. The van der Waals surface area contributed by atoms with E-state index in [0.717, 1.165) is 0 Å². The number of nitrogens with two attached hydrogens (primary N) is 1. The lowest BCUT2D eigenvalue weighted by Gasteiger charge is -2.34. The maximum absolute atomic E-state index is 12.4. The first kappa shape index (κ1) is 19.2. The minimum atomic E-state index is -3.90.